The Balaban J connectivity index is 1.31. The number of aromatic nitrogens is 1. The van der Waals surface area contributed by atoms with Gasteiger partial charge in [0.2, 0.25) is 5.91 Å². The monoisotopic (exact) mass is 446 g/mol. The van der Waals surface area contributed by atoms with E-state index in [2.05, 4.69) is 20.5 Å². The first kappa shape index (κ1) is 22.5. The van der Waals surface area contributed by atoms with Gasteiger partial charge in [0.15, 0.2) is 0 Å². The standard InChI is InChI=1S/C26H27FN4O2/c1-18-6-8-19(9-7-18)17-29-25(32)20-11-14-31(15-12-20)24-16-21(10-13-28-24)26(33)30-23-5-3-2-4-22(23)27/h2-10,13,16,20H,11-12,14-15,17H2,1H3,(H,29,32)(H,30,33). The molecule has 2 aromatic carbocycles. The molecular formula is C26H27FN4O2. The molecule has 1 aliphatic heterocycles. The molecule has 1 fully saturated rings. The summed E-state index contributed by atoms with van der Waals surface area (Å²) in [5.74, 6) is -0.174. The van der Waals surface area contributed by atoms with Crippen LogP contribution >= 0.6 is 0 Å². The maximum absolute atomic E-state index is 13.8. The first-order valence-corrected chi connectivity index (χ1v) is 11.1. The third-order valence-electron chi connectivity index (χ3n) is 5.91. The van der Waals surface area contributed by atoms with Crippen molar-refractivity contribution in [2.24, 2.45) is 5.92 Å². The minimum atomic E-state index is -0.483. The van der Waals surface area contributed by atoms with E-state index in [-0.39, 0.29) is 17.5 Å². The highest BCUT2D eigenvalue weighted by Crippen LogP contribution is 2.23. The minimum absolute atomic E-state index is 0.0424. The summed E-state index contributed by atoms with van der Waals surface area (Å²) in [6.45, 7) is 3.91. The van der Waals surface area contributed by atoms with Crippen LogP contribution in [-0.2, 0) is 11.3 Å². The van der Waals surface area contributed by atoms with E-state index < -0.39 is 11.7 Å². The lowest BCUT2D eigenvalue weighted by Gasteiger charge is -2.32. The maximum atomic E-state index is 13.8. The Morgan fingerprint density at radius 1 is 1.06 bits per heavy atom. The highest BCUT2D eigenvalue weighted by atomic mass is 19.1. The third-order valence-corrected chi connectivity index (χ3v) is 5.91. The Morgan fingerprint density at radius 2 is 1.79 bits per heavy atom. The summed E-state index contributed by atoms with van der Waals surface area (Å²) >= 11 is 0. The lowest BCUT2D eigenvalue weighted by Crippen LogP contribution is -2.40. The van der Waals surface area contributed by atoms with Crippen LogP contribution < -0.4 is 15.5 Å². The molecular weight excluding hydrogens is 419 g/mol. The molecule has 3 aromatic rings. The van der Waals surface area contributed by atoms with Crippen LogP contribution in [0.5, 0.6) is 0 Å². The fourth-order valence-electron chi connectivity index (χ4n) is 3.90. The molecule has 2 heterocycles. The van der Waals surface area contributed by atoms with Crippen molar-refractivity contribution in [1.29, 1.82) is 0 Å². The van der Waals surface area contributed by atoms with Crippen molar-refractivity contribution in [2.75, 3.05) is 23.3 Å². The van der Waals surface area contributed by atoms with Crippen molar-refractivity contribution in [2.45, 2.75) is 26.3 Å². The predicted octanol–water partition coefficient (Wildman–Crippen LogP) is 4.31. The Bertz CT molecular complexity index is 1130. The third kappa shape index (κ3) is 5.74. The molecule has 0 radical (unpaired) electrons. The molecule has 1 aromatic heterocycles. The van der Waals surface area contributed by atoms with Crippen molar-refractivity contribution in [3.05, 3.63) is 89.4 Å². The van der Waals surface area contributed by atoms with E-state index >= 15 is 0 Å². The number of halogens is 1. The predicted molar refractivity (Wildman–Crippen MR) is 127 cm³/mol. The number of hydrogen-bond donors (Lipinski definition) is 2. The number of piperidine rings is 1. The van der Waals surface area contributed by atoms with Crippen LogP contribution in [0.1, 0.15) is 34.3 Å². The topological polar surface area (TPSA) is 74.3 Å². The molecule has 2 N–H and O–H groups in total. The number of aryl methyl sites for hydroxylation is 1. The van der Waals surface area contributed by atoms with Gasteiger partial charge in [-0.1, -0.05) is 42.0 Å². The van der Waals surface area contributed by atoms with Gasteiger partial charge in [0, 0.05) is 37.3 Å². The first-order chi connectivity index (χ1) is 16.0. The normalized spacial score (nSPS) is 14.1. The number of pyridine rings is 1. The zero-order valence-electron chi connectivity index (χ0n) is 18.6. The number of carbonyl (C=O) groups excluding carboxylic acids is 2. The molecule has 6 nitrogen and oxygen atoms in total. The average molecular weight is 447 g/mol. The number of anilines is 2. The lowest BCUT2D eigenvalue weighted by atomic mass is 9.95. The quantitative estimate of drug-likeness (QED) is 0.592. The van der Waals surface area contributed by atoms with Gasteiger partial charge in [-0.2, -0.15) is 0 Å². The smallest absolute Gasteiger partial charge is 0.255 e. The molecule has 4 rings (SSSR count). The second-order valence-electron chi connectivity index (χ2n) is 8.30. The first-order valence-electron chi connectivity index (χ1n) is 11.1. The van der Waals surface area contributed by atoms with Crippen LogP contribution in [0.2, 0.25) is 0 Å². The van der Waals surface area contributed by atoms with Crippen LogP contribution in [0.3, 0.4) is 0 Å². The van der Waals surface area contributed by atoms with Gasteiger partial charge in [0.25, 0.3) is 5.91 Å². The van der Waals surface area contributed by atoms with Crippen LogP contribution in [-0.4, -0.2) is 29.9 Å². The fraction of sp³-hybridized carbons (Fsp3) is 0.269. The van der Waals surface area contributed by atoms with Crippen molar-refractivity contribution < 1.29 is 14.0 Å². The van der Waals surface area contributed by atoms with Crippen LogP contribution in [0.15, 0.2) is 66.9 Å². The van der Waals surface area contributed by atoms with Gasteiger partial charge >= 0.3 is 0 Å². The zero-order valence-corrected chi connectivity index (χ0v) is 18.6. The second-order valence-corrected chi connectivity index (χ2v) is 8.30. The van der Waals surface area contributed by atoms with Gasteiger partial charge < -0.3 is 15.5 Å². The summed E-state index contributed by atoms with van der Waals surface area (Å²) in [7, 11) is 0. The molecule has 0 aliphatic carbocycles. The van der Waals surface area contributed by atoms with E-state index in [1.54, 1.807) is 30.5 Å². The van der Waals surface area contributed by atoms with E-state index in [1.165, 1.54) is 17.7 Å². The summed E-state index contributed by atoms with van der Waals surface area (Å²) in [6, 6.07) is 17.5. The molecule has 1 saturated heterocycles. The van der Waals surface area contributed by atoms with Crippen molar-refractivity contribution in [3.8, 4) is 0 Å². The number of benzene rings is 2. The summed E-state index contributed by atoms with van der Waals surface area (Å²) in [4.78, 5) is 31.6. The summed E-state index contributed by atoms with van der Waals surface area (Å²) in [5.41, 5.74) is 2.82. The highest BCUT2D eigenvalue weighted by Gasteiger charge is 2.26. The number of rotatable bonds is 6. The molecule has 1 aliphatic rings. The van der Waals surface area contributed by atoms with E-state index in [1.807, 2.05) is 31.2 Å². The Kier molecular flexibility index (Phi) is 6.98. The molecule has 0 atom stereocenters. The van der Waals surface area contributed by atoms with Gasteiger partial charge in [-0.25, -0.2) is 9.37 Å². The van der Waals surface area contributed by atoms with E-state index in [0.29, 0.717) is 43.9 Å². The van der Waals surface area contributed by atoms with Gasteiger partial charge in [-0.15, -0.1) is 0 Å². The number of amides is 2. The van der Waals surface area contributed by atoms with E-state index in [9.17, 15) is 14.0 Å². The average Bonchev–Trinajstić information content (AvgIpc) is 2.85. The van der Waals surface area contributed by atoms with Crippen LogP contribution in [0, 0.1) is 18.7 Å². The zero-order chi connectivity index (χ0) is 23.2. The van der Waals surface area contributed by atoms with E-state index in [4.69, 9.17) is 0 Å². The molecule has 170 valence electrons. The van der Waals surface area contributed by atoms with Crippen molar-refractivity contribution >= 4 is 23.3 Å². The van der Waals surface area contributed by atoms with Crippen LogP contribution in [0.4, 0.5) is 15.9 Å². The maximum Gasteiger partial charge on any atom is 0.255 e. The van der Waals surface area contributed by atoms with E-state index in [0.717, 1.165) is 5.56 Å². The van der Waals surface area contributed by atoms with Crippen molar-refractivity contribution in [1.82, 2.24) is 10.3 Å². The van der Waals surface area contributed by atoms with Crippen LogP contribution in [0.25, 0.3) is 0 Å². The molecule has 0 spiro atoms. The summed E-state index contributed by atoms with van der Waals surface area (Å²) in [5, 5.41) is 5.63. The summed E-state index contributed by atoms with van der Waals surface area (Å²) < 4.78 is 13.8. The number of nitrogens with zero attached hydrogens (tertiary/aromatic N) is 2. The number of nitrogens with one attached hydrogen (secondary N) is 2. The number of carbonyl (C=O) groups is 2. The number of hydrogen-bond acceptors (Lipinski definition) is 4. The molecule has 7 heteroatoms. The largest absolute Gasteiger partial charge is 0.357 e. The molecule has 0 unspecified atom stereocenters. The highest BCUT2D eigenvalue weighted by molar-refractivity contribution is 6.04. The van der Waals surface area contributed by atoms with Crippen molar-refractivity contribution in [3.63, 3.8) is 0 Å². The van der Waals surface area contributed by atoms with Gasteiger partial charge in [-0.3, -0.25) is 9.59 Å². The lowest BCUT2D eigenvalue weighted by molar-refractivity contribution is -0.125. The Labute approximate surface area is 192 Å². The molecule has 0 saturated carbocycles. The SMILES string of the molecule is Cc1ccc(CNC(=O)C2CCN(c3cc(C(=O)Nc4ccccc4F)ccn3)CC2)cc1. The fourth-order valence-corrected chi connectivity index (χ4v) is 3.90. The molecule has 0 bridgehead atoms. The Morgan fingerprint density at radius 3 is 2.52 bits per heavy atom. The Hall–Kier alpha value is -3.74. The second kappa shape index (κ2) is 10.3. The number of para-hydroxylation sites is 1. The van der Waals surface area contributed by atoms with Gasteiger partial charge in [-0.05, 0) is 49.6 Å². The molecule has 33 heavy (non-hydrogen) atoms. The molecule has 2 amide bonds. The van der Waals surface area contributed by atoms with Gasteiger partial charge in [0.05, 0.1) is 5.69 Å². The summed E-state index contributed by atoms with van der Waals surface area (Å²) in [6.07, 6.45) is 3.01. The minimum Gasteiger partial charge on any atom is -0.357 e. The van der Waals surface area contributed by atoms with Gasteiger partial charge in [0.1, 0.15) is 11.6 Å².